The van der Waals surface area contributed by atoms with Gasteiger partial charge in [-0.3, -0.25) is 4.84 Å². The van der Waals surface area contributed by atoms with E-state index in [1.807, 2.05) is 12.1 Å². The molecule has 3 heteroatoms. The van der Waals surface area contributed by atoms with Crippen molar-refractivity contribution in [1.82, 2.24) is 4.98 Å². The van der Waals surface area contributed by atoms with Gasteiger partial charge in [0.1, 0.15) is 6.61 Å². The van der Waals surface area contributed by atoms with Crippen molar-refractivity contribution in [3.8, 4) is 0 Å². The summed E-state index contributed by atoms with van der Waals surface area (Å²) in [4.78, 5) is 8.92. The summed E-state index contributed by atoms with van der Waals surface area (Å²) in [5.41, 5.74) is 3.87. The van der Waals surface area contributed by atoms with Crippen LogP contribution in [0.2, 0.25) is 0 Å². The maximum atomic E-state index is 4.86. The van der Waals surface area contributed by atoms with Gasteiger partial charge in [-0.25, -0.2) is 10.5 Å². The van der Waals surface area contributed by atoms with Crippen molar-refractivity contribution in [2.45, 2.75) is 6.42 Å². The summed E-state index contributed by atoms with van der Waals surface area (Å²) in [6.07, 6.45) is 2.57. The first-order valence-corrected chi connectivity index (χ1v) is 3.14. The Hall–Kier alpha value is -1.09. The molecule has 2 rings (SSSR count). The number of fused-ring (bicyclic) bond motifs is 1. The van der Waals surface area contributed by atoms with Crippen LogP contribution >= 0.6 is 0 Å². The molecule has 0 aliphatic carbocycles. The molecule has 0 amide bonds. The van der Waals surface area contributed by atoms with Gasteiger partial charge >= 0.3 is 0 Å². The van der Waals surface area contributed by atoms with Gasteiger partial charge < -0.3 is 0 Å². The fourth-order valence-electron chi connectivity index (χ4n) is 0.924. The fourth-order valence-corrected chi connectivity index (χ4v) is 0.924. The normalized spacial score (nSPS) is 15.6. The molecule has 51 valence electrons. The Balaban J connectivity index is 2.41. The maximum Gasteiger partial charge on any atom is 0.152 e. The summed E-state index contributed by atoms with van der Waals surface area (Å²) >= 11 is 0. The number of hydrogen-bond acceptors (Lipinski definition) is 3. The van der Waals surface area contributed by atoms with Crippen molar-refractivity contribution in [1.29, 1.82) is 0 Å². The van der Waals surface area contributed by atoms with Crippen LogP contribution in [0.3, 0.4) is 0 Å². The molecule has 1 aromatic rings. The van der Waals surface area contributed by atoms with Gasteiger partial charge in [0.05, 0.1) is 0 Å². The van der Waals surface area contributed by atoms with Crippen LogP contribution in [-0.4, -0.2) is 4.98 Å². The Morgan fingerprint density at radius 3 is 3.50 bits per heavy atom. The smallest absolute Gasteiger partial charge is 0.152 e. The van der Waals surface area contributed by atoms with Crippen molar-refractivity contribution < 1.29 is 4.84 Å². The van der Waals surface area contributed by atoms with E-state index in [0.717, 1.165) is 12.2 Å². The molecule has 1 N–H and O–H groups in total. The molecule has 0 fully saturated rings. The second-order valence-corrected chi connectivity index (χ2v) is 2.10. The van der Waals surface area contributed by atoms with Crippen LogP contribution in [0.5, 0.6) is 0 Å². The molecule has 1 aliphatic heterocycles. The number of nitrogens with zero attached hydrogens (tertiary/aromatic N) is 1. The quantitative estimate of drug-likeness (QED) is 0.579. The molecule has 0 bridgehead atoms. The Labute approximate surface area is 59.0 Å². The van der Waals surface area contributed by atoms with E-state index in [0.29, 0.717) is 0 Å². The number of rotatable bonds is 0. The third kappa shape index (κ3) is 0.844. The molecule has 0 saturated heterocycles. The van der Waals surface area contributed by atoms with Crippen molar-refractivity contribution >= 4 is 5.82 Å². The SMILES string of the molecule is [CH]1Cc2cccnc2NO1. The number of pyridine rings is 1. The molecule has 2 heterocycles. The fraction of sp³-hybridized carbons (Fsp3) is 0.143. The molecule has 0 saturated carbocycles. The van der Waals surface area contributed by atoms with E-state index < -0.39 is 0 Å². The van der Waals surface area contributed by atoms with Crippen LogP contribution in [-0.2, 0) is 11.3 Å². The third-order valence-corrected chi connectivity index (χ3v) is 1.43. The van der Waals surface area contributed by atoms with Gasteiger partial charge in [-0.1, -0.05) is 6.07 Å². The minimum Gasteiger partial charge on any atom is -0.268 e. The lowest BCUT2D eigenvalue weighted by atomic mass is 10.2. The second-order valence-electron chi connectivity index (χ2n) is 2.10. The van der Waals surface area contributed by atoms with E-state index in [1.54, 1.807) is 12.8 Å². The first-order valence-electron chi connectivity index (χ1n) is 3.14. The van der Waals surface area contributed by atoms with Crippen LogP contribution < -0.4 is 5.48 Å². The molecule has 1 aromatic heterocycles. The van der Waals surface area contributed by atoms with Gasteiger partial charge in [-0.15, -0.1) is 0 Å². The van der Waals surface area contributed by atoms with E-state index in [1.165, 1.54) is 5.56 Å². The summed E-state index contributed by atoms with van der Waals surface area (Å²) in [5.74, 6) is 0.824. The van der Waals surface area contributed by atoms with Gasteiger partial charge in [0, 0.05) is 12.6 Å². The largest absolute Gasteiger partial charge is 0.268 e. The minimum atomic E-state index is 0.824. The molecule has 3 nitrogen and oxygen atoms in total. The lowest BCUT2D eigenvalue weighted by Gasteiger charge is -2.14. The number of aromatic nitrogens is 1. The van der Waals surface area contributed by atoms with Crippen LogP contribution in [0.15, 0.2) is 18.3 Å². The molecule has 0 unspecified atom stereocenters. The zero-order valence-corrected chi connectivity index (χ0v) is 5.37. The first kappa shape index (κ1) is 5.68. The molecule has 10 heavy (non-hydrogen) atoms. The molecule has 1 aliphatic rings. The van der Waals surface area contributed by atoms with Crippen LogP contribution in [0.1, 0.15) is 5.56 Å². The highest BCUT2D eigenvalue weighted by molar-refractivity contribution is 5.43. The van der Waals surface area contributed by atoms with E-state index >= 15 is 0 Å². The molecule has 0 spiro atoms. The summed E-state index contributed by atoms with van der Waals surface area (Å²) in [5, 5.41) is 0. The summed E-state index contributed by atoms with van der Waals surface area (Å²) < 4.78 is 0. The lowest BCUT2D eigenvalue weighted by Crippen LogP contribution is -2.10. The lowest BCUT2D eigenvalue weighted by molar-refractivity contribution is 0.252. The predicted molar refractivity (Wildman–Crippen MR) is 36.9 cm³/mol. The highest BCUT2D eigenvalue weighted by Crippen LogP contribution is 2.17. The molecule has 0 atom stereocenters. The minimum absolute atomic E-state index is 0.824. The van der Waals surface area contributed by atoms with Gasteiger partial charge in [0.2, 0.25) is 0 Å². The average Bonchev–Trinajstić information content (AvgIpc) is 2.05. The van der Waals surface area contributed by atoms with Crippen molar-refractivity contribution in [2.24, 2.45) is 0 Å². The Kier molecular flexibility index (Phi) is 1.29. The number of nitrogens with one attached hydrogen (secondary N) is 1. The van der Waals surface area contributed by atoms with Gasteiger partial charge in [-0.05, 0) is 11.6 Å². The molecule has 1 radical (unpaired) electrons. The molecular weight excluding hydrogens is 128 g/mol. The van der Waals surface area contributed by atoms with E-state index in [-0.39, 0.29) is 0 Å². The zero-order chi connectivity index (χ0) is 6.81. The average molecular weight is 135 g/mol. The monoisotopic (exact) mass is 135 g/mol. The van der Waals surface area contributed by atoms with Crippen LogP contribution in [0.4, 0.5) is 5.82 Å². The van der Waals surface area contributed by atoms with E-state index in [9.17, 15) is 0 Å². The Morgan fingerprint density at radius 1 is 1.60 bits per heavy atom. The highest BCUT2D eigenvalue weighted by Gasteiger charge is 2.07. The standard InChI is InChI=1S/C7H7N2O/c1-2-6-3-5-10-9-7(6)8-4-1/h1-2,4-5H,3H2,(H,8,9). The number of anilines is 1. The Morgan fingerprint density at radius 2 is 2.60 bits per heavy atom. The van der Waals surface area contributed by atoms with E-state index in [2.05, 4.69) is 10.5 Å². The van der Waals surface area contributed by atoms with Gasteiger partial charge in [0.25, 0.3) is 0 Å². The second kappa shape index (κ2) is 2.27. The van der Waals surface area contributed by atoms with Crippen molar-refractivity contribution in [2.75, 3.05) is 5.48 Å². The van der Waals surface area contributed by atoms with Crippen LogP contribution in [0.25, 0.3) is 0 Å². The first-order chi connectivity index (χ1) is 4.97. The summed E-state index contributed by atoms with van der Waals surface area (Å²) in [6, 6.07) is 3.94. The highest BCUT2D eigenvalue weighted by atomic mass is 16.6. The maximum absolute atomic E-state index is 4.86. The predicted octanol–water partition coefficient (Wildman–Crippen LogP) is 1.14. The summed E-state index contributed by atoms with van der Waals surface area (Å²) in [7, 11) is 0. The Bertz CT molecular complexity index is 212. The summed E-state index contributed by atoms with van der Waals surface area (Å²) in [6.45, 7) is 1.71. The number of hydrogen-bond donors (Lipinski definition) is 1. The van der Waals surface area contributed by atoms with Crippen molar-refractivity contribution in [3.63, 3.8) is 0 Å². The van der Waals surface area contributed by atoms with Crippen LogP contribution in [0, 0.1) is 6.61 Å². The van der Waals surface area contributed by atoms with Gasteiger partial charge in [-0.2, -0.15) is 0 Å². The van der Waals surface area contributed by atoms with E-state index in [4.69, 9.17) is 4.84 Å². The molecule has 0 aromatic carbocycles. The third-order valence-electron chi connectivity index (χ3n) is 1.43. The molecular formula is C7H7N2O. The van der Waals surface area contributed by atoms with Gasteiger partial charge in [0.15, 0.2) is 5.82 Å². The zero-order valence-electron chi connectivity index (χ0n) is 5.37. The van der Waals surface area contributed by atoms with Crippen molar-refractivity contribution in [3.05, 3.63) is 30.5 Å². The topological polar surface area (TPSA) is 34.2 Å².